The number of aliphatic hydroxyl groups is 1. The van der Waals surface area contributed by atoms with Gasteiger partial charge in [0.25, 0.3) is 0 Å². The van der Waals surface area contributed by atoms with Crippen LogP contribution in [0.3, 0.4) is 0 Å². The van der Waals surface area contributed by atoms with Crippen molar-refractivity contribution < 1.29 is 19.4 Å². The topological polar surface area (TPSA) is 71.0 Å². The molecule has 0 bridgehead atoms. The average molecular weight is 368 g/mol. The smallest absolute Gasteiger partial charge is 0.238 e. The lowest BCUT2D eigenvalue weighted by Gasteiger charge is -2.35. The minimum atomic E-state index is -0.522. The van der Waals surface area contributed by atoms with E-state index in [0.717, 1.165) is 41.3 Å². The van der Waals surface area contributed by atoms with E-state index in [-0.39, 0.29) is 25.2 Å². The number of carbonyl (C=O) groups excluding carboxylic acids is 1. The Hall–Kier alpha value is -2.57. The Labute approximate surface area is 158 Å². The summed E-state index contributed by atoms with van der Waals surface area (Å²) in [6.45, 7) is 3.77. The normalized spacial score (nSPS) is 21.9. The van der Waals surface area contributed by atoms with Crippen LogP contribution in [0.25, 0.3) is 0 Å². The Morgan fingerprint density at radius 1 is 1.19 bits per heavy atom. The maximum absolute atomic E-state index is 12.3. The Balaban J connectivity index is 1.33. The van der Waals surface area contributed by atoms with Crippen LogP contribution in [0.2, 0.25) is 0 Å². The standard InChI is InChI=1S/C21H24N2O4/c1-14-2-5-16(6-3-14)22-21(25)12-23-9-8-17(18(24)11-23)15-4-7-19-20(10-15)27-13-26-19/h2-7,10,17-18,24H,8-9,11-13H2,1H3,(H,22,25)/t17-,18+/m0/s1. The predicted octanol–water partition coefficient (Wildman–Crippen LogP) is 2.51. The Morgan fingerprint density at radius 3 is 2.74 bits per heavy atom. The molecule has 0 radical (unpaired) electrons. The number of rotatable bonds is 4. The quantitative estimate of drug-likeness (QED) is 0.868. The molecule has 2 aliphatic rings. The lowest BCUT2D eigenvalue weighted by molar-refractivity contribution is -0.118. The molecular weight excluding hydrogens is 344 g/mol. The number of nitrogens with zero attached hydrogens (tertiary/aromatic N) is 1. The summed E-state index contributed by atoms with van der Waals surface area (Å²) in [5.41, 5.74) is 3.00. The second kappa shape index (κ2) is 7.58. The molecule has 2 atom stereocenters. The number of nitrogens with one attached hydrogen (secondary N) is 1. The number of piperidine rings is 1. The van der Waals surface area contributed by atoms with E-state index in [1.54, 1.807) is 0 Å². The highest BCUT2D eigenvalue weighted by atomic mass is 16.7. The van der Waals surface area contributed by atoms with Crippen molar-refractivity contribution in [2.45, 2.75) is 25.4 Å². The molecule has 1 fully saturated rings. The summed E-state index contributed by atoms with van der Waals surface area (Å²) in [6.07, 6.45) is 0.268. The molecule has 6 nitrogen and oxygen atoms in total. The lowest BCUT2D eigenvalue weighted by Crippen LogP contribution is -2.45. The van der Waals surface area contributed by atoms with Crippen molar-refractivity contribution in [3.05, 3.63) is 53.6 Å². The molecular formula is C21H24N2O4. The van der Waals surface area contributed by atoms with Crippen LogP contribution in [0.15, 0.2) is 42.5 Å². The highest BCUT2D eigenvalue weighted by Gasteiger charge is 2.30. The maximum atomic E-state index is 12.3. The summed E-state index contributed by atoms with van der Waals surface area (Å²) in [7, 11) is 0. The van der Waals surface area contributed by atoms with Gasteiger partial charge >= 0.3 is 0 Å². The van der Waals surface area contributed by atoms with E-state index in [1.807, 2.05) is 54.3 Å². The zero-order valence-electron chi connectivity index (χ0n) is 15.4. The number of likely N-dealkylation sites (tertiary alicyclic amines) is 1. The molecule has 6 heteroatoms. The van der Waals surface area contributed by atoms with Gasteiger partial charge in [0.05, 0.1) is 12.6 Å². The first-order chi connectivity index (χ1) is 13.1. The van der Waals surface area contributed by atoms with Gasteiger partial charge in [-0.1, -0.05) is 23.8 Å². The molecule has 0 saturated carbocycles. The molecule has 2 heterocycles. The number of hydrogen-bond acceptors (Lipinski definition) is 5. The number of benzene rings is 2. The fourth-order valence-electron chi connectivity index (χ4n) is 3.71. The first kappa shape index (κ1) is 17.8. The highest BCUT2D eigenvalue weighted by Crippen LogP contribution is 2.37. The van der Waals surface area contributed by atoms with Crippen LogP contribution >= 0.6 is 0 Å². The molecule has 0 aliphatic carbocycles. The van der Waals surface area contributed by atoms with Crippen molar-refractivity contribution >= 4 is 11.6 Å². The number of amides is 1. The van der Waals surface area contributed by atoms with Crippen LogP contribution in [0.5, 0.6) is 11.5 Å². The molecule has 1 amide bonds. The fourth-order valence-corrected chi connectivity index (χ4v) is 3.71. The van der Waals surface area contributed by atoms with Crippen LogP contribution < -0.4 is 14.8 Å². The number of aryl methyl sites for hydroxylation is 1. The van der Waals surface area contributed by atoms with Gasteiger partial charge in [0.2, 0.25) is 12.7 Å². The SMILES string of the molecule is Cc1ccc(NC(=O)CN2CC[C@@H](c3ccc4c(c3)OCO4)[C@H](O)C2)cc1. The number of fused-ring (bicyclic) bond motifs is 1. The molecule has 0 spiro atoms. The average Bonchev–Trinajstić information content (AvgIpc) is 3.11. The van der Waals surface area contributed by atoms with Gasteiger partial charge < -0.3 is 19.9 Å². The van der Waals surface area contributed by atoms with E-state index in [2.05, 4.69) is 5.32 Å². The van der Waals surface area contributed by atoms with Gasteiger partial charge in [-0.25, -0.2) is 0 Å². The molecule has 0 unspecified atom stereocenters. The van der Waals surface area contributed by atoms with E-state index in [9.17, 15) is 9.90 Å². The molecule has 2 N–H and O–H groups in total. The van der Waals surface area contributed by atoms with Crippen LogP contribution in [0, 0.1) is 6.92 Å². The van der Waals surface area contributed by atoms with Crippen molar-refractivity contribution in [2.24, 2.45) is 0 Å². The summed E-state index contributed by atoms with van der Waals surface area (Å²) in [5, 5.41) is 13.5. The molecule has 142 valence electrons. The van der Waals surface area contributed by atoms with E-state index in [4.69, 9.17) is 9.47 Å². The van der Waals surface area contributed by atoms with Crippen molar-refractivity contribution in [2.75, 3.05) is 31.7 Å². The zero-order chi connectivity index (χ0) is 18.8. The number of β-amino-alcohol motifs (C(OH)–C–C–N with tert-alkyl or cyclic N) is 1. The largest absolute Gasteiger partial charge is 0.454 e. The first-order valence-corrected chi connectivity index (χ1v) is 9.25. The fraction of sp³-hybridized carbons (Fsp3) is 0.381. The lowest BCUT2D eigenvalue weighted by atomic mass is 9.87. The van der Waals surface area contributed by atoms with Crippen molar-refractivity contribution in [3.63, 3.8) is 0 Å². The molecule has 4 rings (SSSR count). The van der Waals surface area contributed by atoms with Crippen LogP contribution in [-0.2, 0) is 4.79 Å². The molecule has 2 aliphatic heterocycles. The monoisotopic (exact) mass is 368 g/mol. The van der Waals surface area contributed by atoms with Gasteiger partial charge in [0, 0.05) is 18.2 Å². The second-order valence-corrected chi connectivity index (χ2v) is 7.22. The summed E-state index contributed by atoms with van der Waals surface area (Å²) in [4.78, 5) is 14.3. The van der Waals surface area contributed by atoms with Crippen LogP contribution in [0.1, 0.15) is 23.5 Å². The summed E-state index contributed by atoms with van der Waals surface area (Å²) in [6, 6.07) is 13.6. The molecule has 27 heavy (non-hydrogen) atoms. The number of hydrogen-bond donors (Lipinski definition) is 2. The minimum absolute atomic E-state index is 0.0379. The number of carbonyl (C=O) groups is 1. The highest BCUT2D eigenvalue weighted by molar-refractivity contribution is 5.92. The molecule has 2 aromatic carbocycles. The van der Waals surface area contributed by atoms with Crippen molar-refractivity contribution in [1.29, 1.82) is 0 Å². The van der Waals surface area contributed by atoms with E-state index < -0.39 is 6.10 Å². The van der Waals surface area contributed by atoms with Crippen molar-refractivity contribution in [1.82, 2.24) is 4.90 Å². The van der Waals surface area contributed by atoms with Gasteiger partial charge in [-0.15, -0.1) is 0 Å². The maximum Gasteiger partial charge on any atom is 0.238 e. The Kier molecular flexibility index (Phi) is 5.01. The van der Waals surface area contributed by atoms with E-state index in [1.165, 1.54) is 0 Å². The van der Waals surface area contributed by atoms with Crippen molar-refractivity contribution in [3.8, 4) is 11.5 Å². The number of ether oxygens (including phenoxy) is 2. The molecule has 0 aromatic heterocycles. The van der Waals surface area contributed by atoms with Gasteiger partial charge in [-0.3, -0.25) is 9.69 Å². The summed E-state index contributed by atoms with van der Waals surface area (Å²) >= 11 is 0. The third-order valence-corrected chi connectivity index (χ3v) is 5.19. The van der Waals surface area contributed by atoms with Gasteiger partial charge in [0.1, 0.15) is 0 Å². The van der Waals surface area contributed by atoms with Crippen LogP contribution in [-0.4, -0.2) is 48.4 Å². The third-order valence-electron chi connectivity index (χ3n) is 5.19. The third kappa shape index (κ3) is 4.07. The zero-order valence-corrected chi connectivity index (χ0v) is 15.4. The van der Waals surface area contributed by atoms with E-state index in [0.29, 0.717) is 6.54 Å². The van der Waals surface area contributed by atoms with Crippen LogP contribution in [0.4, 0.5) is 5.69 Å². The summed E-state index contributed by atoms with van der Waals surface area (Å²) < 4.78 is 10.8. The number of aliphatic hydroxyl groups excluding tert-OH is 1. The van der Waals surface area contributed by atoms with Gasteiger partial charge in [-0.2, -0.15) is 0 Å². The number of anilines is 1. The Morgan fingerprint density at radius 2 is 1.96 bits per heavy atom. The predicted molar refractivity (Wildman–Crippen MR) is 102 cm³/mol. The molecule has 2 aromatic rings. The molecule has 1 saturated heterocycles. The van der Waals surface area contributed by atoms with Gasteiger partial charge in [-0.05, 0) is 49.7 Å². The minimum Gasteiger partial charge on any atom is -0.454 e. The van der Waals surface area contributed by atoms with Gasteiger partial charge in [0.15, 0.2) is 11.5 Å². The second-order valence-electron chi connectivity index (χ2n) is 7.22. The summed E-state index contributed by atoms with van der Waals surface area (Å²) in [5.74, 6) is 1.46. The van der Waals surface area contributed by atoms with E-state index >= 15 is 0 Å². The Bertz CT molecular complexity index is 821. The first-order valence-electron chi connectivity index (χ1n) is 9.25.